The Hall–Kier alpha value is -2.10. The number of hydrogen-bond donors (Lipinski definition) is 1. The van der Waals surface area contributed by atoms with Gasteiger partial charge in [-0.05, 0) is 66.7 Å². The van der Waals surface area contributed by atoms with Gasteiger partial charge in [-0.15, -0.1) is 0 Å². The summed E-state index contributed by atoms with van der Waals surface area (Å²) >= 11 is 0. The fourth-order valence-electron chi connectivity index (χ4n) is 5.50. The maximum Gasteiger partial charge on any atom is 0.186 e. The predicted octanol–water partition coefficient (Wildman–Crippen LogP) is 4.12. The van der Waals surface area contributed by atoms with Crippen LogP contribution in [0.2, 0.25) is 0 Å². The minimum Gasteiger partial charge on any atom is -0.490 e. The van der Waals surface area contributed by atoms with Crippen molar-refractivity contribution in [1.82, 2.24) is 0 Å². The number of carbonyl (C=O) groups is 1. The van der Waals surface area contributed by atoms with Crippen LogP contribution in [0.25, 0.3) is 0 Å². The molecule has 0 radical (unpaired) electrons. The molecule has 1 aromatic rings. The summed E-state index contributed by atoms with van der Waals surface area (Å²) in [6, 6.07) is 6.44. The topological polar surface area (TPSA) is 58.9 Å². The van der Waals surface area contributed by atoms with E-state index >= 15 is 0 Å². The second-order valence-electron chi connectivity index (χ2n) is 7.91. The van der Waals surface area contributed by atoms with Crippen LogP contribution in [0, 0.1) is 17.3 Å². The lowest BCUT2D eigenvalue weighted by atomic mass is 9.55. The lowest BCUT2D eigenvalue weighted by Gasteiger charge is -2.47. The van der Waals surface area contributed by atoms with E-state index in [1.165, 1.54) is 11.1 Å². The van der Waals surface area contributed by atoms with E-state index in [-0.39, 0.29) is 11.2 Å². The number of oxime groups is 1. The fraction of sp³-hybridized carbons (Fsp3) is 0.524. The van der Waals surface area contributed by atoms with Crippen molar-refractivity contribution in [1.29, 1.82) is 0 Å². The van der Waals surface area contributed by atoms with E-state index in [4.69, 9.17) is 4.74 Å². The van der Waals surface area contributed by atoms with Crippen LogP contribution in [-0.4, -0.2) is 23.3 Å². The van der Waals surface area contributed by atoms with E-state index in [0.717, 1.165) is 31.4 Å². The molecule has 132 valence electrons. The molecule has 4 heteroatoms. The molecule has 4 atom stereocenters. The second kappa shape index (κ2) is 6.01. The third kappa shape index (κ3) is 2.42. The van der Waals surface area contributed by atoms with Crippen molar-refractivity contribution < 1.29 is 14.7 Å². The van der Waals surface area contributed by atoms with Crippen molar-refractivity contribution in [3.05, 3.63) is 42.0 Å². The number of carbonyl (C=O) groups excluding carboxylic acids is 1. The summed E-state index contributed by atoms with van der Waals surface area (Å²) in [5, 5.41) is 12.5. The first kappa shape index (κ1) is 16.4. The fourth-order valence-corrected chi connectivity index (χ4v) is 5.50. The molecule has 2 fully saturated rings. The third-order valence-corrected chi connectivity index (χ3v) is 6.77. The van der Waals surface area contributed by atoms with Crippen LogP contribution in [0.5, 0.6) is 5.75 Å². The lowest BCUT2D eigenvalue weighted by molar-refractivity contribution is -0.125. The largest absolute Gasteiger partial charge is 0.490 e. The Morgan fingerprint density at radius 1 is 1.44 bits per heavy atom. The van der Waals surface area contributed by atoms with E-state index in [2.05, 4.69) is 36.9 Å². The zero-order valence-electron chi connectivity index (χ0n) is 14.7. The smallest absolute Gasteiger partial charge is 0.186 e. The van der Waals surface area contributed by atoms with Crippen LogP contribution in [0.1, 0.15) is 49.7 Å². The lowest BCUT2D eigenvalue weighted by Crippen LogP contribution is -2.42. The molecule has 4 rings (SSSR count). The Balaban J connectivity index is 1.64. The third-order valence-electron chi connectivity index (χ3n) is 6.77. The molecule has 0 bridgehead atoms. The van der Waals surface area contributed by atoms with Gasteiger partial charge in [-0.1, -0.05) is 30.8 Å². The molecule has 0 unspecified atom stereocenters. The summed E-state index contributed by atoms with van der Waals surface area (Å²) < 4.78 is 5.68. The maximum absolute atomic E-state index is 12.6. The van der Waals surface area contributed by atoms with Crippen LogP contribution in [0.3, 0.4) is 0 Å². The molecule has 3 aliphatic carbocycles. The molecule has 1 N–H and O–H groups in total. The highest BCUT2D eigenvalue weighted by atomic mass is 16.5. The molecule has 3 aliphatic rings. The van der Waals surface area contributed by atoms with Crippen molar-refractivity contribution in [2.45, 2.75) is 44.9 Å². The molecule has 0 amide bonds. The predicted molar refractivity (Wildman–Crippen MR) is 96.4 cm³/mol. The number of fused-ring (bicyclic) bond motifs is 5. The molecule has 0 aromatic heterocycles. The highest BCUT2D eigenvalue weighted by Gasteiger charge is 2.57. The summed E-state index contributed by atoms with van der Waals surface area (Å²) in [6.07, 6.45) is 6.41. The number of hydrogen-bond acceptors (Lipinski definition) is 4. The van der Waals surface area contributed by atoms with Gasteiger partial charge in [-0.2, -0.15) is 0 Å². The molecule has 0 aliphatic heterocycles. The first-order chi connectivity index (χ1) is 12.1. The molecule has 25 heavy (non-hydrogen) atoms. The molecular weight excluding hydrogens is 314 g/mol. The van der Waals surface area contributed by atoms with E-state index in [9.17, 15) is 10.0 Å². The zero-order valence-corrected chi connectivity index (χ0v) is 14.7. The Kier molecular flexibility index (Phi) is 3.94. The van der Waals surface area contributed by atoms with Crippen molar-refractivity contribution in [2.75, 3.05) is 6.61 Å². The number of rotatable bonds is 3. The molecule has 2 saturated carbocycles. The monoisotopic (exact) mass is 339 g/mol. The normalized spacial score (nSPS) is 35.0. The Morgan fingerprint density at radius 2 is 2.28 bits per heavy atom. The standard InChI is InChI=1S/C21H25NO3/c1-3-10-25-14-5-7-15-13(11-14)4-6-17-16(15)8-9-21(2)18(17)12-19(22-24)20(21)23/h3,5,7,11,16-18,24H,1,4,6,8-10,12H2,2H3/b22-19+/t16-,17-,18+,21+/m1/s1. The van der Waals surface area contributed by atoms with Gasteiger partial charge >= 0.3 is 0 Å². The van der Waals surface area contributed by atoms with Gasteiger partial charge in [0.1, 0.15) is 18.1 Å². The molecule has 0 spiro atoms. The number of ether oxygens (including phenoxy) is 1. The summed E-state index contributed by atoms with van der Waals surface area (Å²) in [7, 11) is 0. The molecule has 0 heterocycles. The van der Waals surface area contributed by atoms with Crippen LogP contribution in [0.4, 0.5) is 0 Å². The molecule has 4 nitrogen and oxygen atoms in total. The van der Waals surface area contributed by atoms with Gasteiger partial charge < -0.3 is 9.94 Å². The highest BCUT2D eigenvalue weighted by molar-refractivity contribution is 6.43. The summed E-state index contributed by atoms with van der Waals surface area (Å²) in [4.78, 5) is 12.6. The van der Waals surface area contributed by atoms with Crippen LogP contribution in [0.15, 0.2) is 36.0 Å². The van der Waals surface area contributed by atoms with Crippen molar-refractivity contribution in [2.24, 2.45) is 22.4 Å². The molecular formula is C21H25NO3. The number of benzene rings is 1. The van der Waals surface area contributed by atoms with Crippen LogP contribution >= 0.6 is 0 Å². The maximum atomic E-state index is 12.6. The molecule has 1 aromatic carbocycles. The van der Waals surface area contributed by atoms with E-state index in [1.807, 2.05) is 0 Å². The van der Waals surface area contributed by atoms with Gasteiger partial charge in [0.2, 0.25) is 0 Å². The Morgan fingerprint density at radius 3 is 3.04 bits per heavy atom. The van der Waals surface area contributed by atoms with Crippen molar-refractivity contribution >= 4 is 11.5 Å². The van der Waals surface area contributed by atoms with Gasteiger partial charge in [-0.3, -0.25) is 4.79 Å². The van der Waals surface area contributed by atoms with Crippen LogP contribution in [-0.2, 0) is 11.2 Å². The summed E-state index contributed by atoms with van der Waals surface area (Å²) in [5.74, 6) is 2.27. The van der Waals surface area contributed by atoms with Gasteiger partial charge in [-0.25, -0.2) is 0 Å². The number of ketones is 1. The van der Waals surface area contributed by atoms with Crippen molar-refractivity contribution in [3.8, 4) is 5.75 Å². The first-order valence-corrected chi connectivity index (χ1v) is 9.20. The number of nitrogens with zero attached hydrogens (tertiary/aromatic N) is 1. The highest BCUT2D eigenvalue weighted by Crippen LogP contribution is 2.59. The Bertz CT molecular complexity index is 754. The minimum absolute atomic E-state index is 0.0671. The first-order valence-electron chi connectivity index (χ1n) is 9.20. The summed E-state index contributed by atoms with van der Waals surface area (Å²) in [5.41, 5.74) is 2.85. The SMILES string of the molecule is C=CCOc1ccc2c(c1)CC[C@@H]1[C@@H]2CC[C@]2(C)C(=O)/C(=N/O)C[C@@H]12. The van der Waals surface area contributed by atoms with Gasteiger partial charge in [0.15, 0.2) is 5.78 Å². The van der Waals surface area contributed by atoms with E-state index in [1.54, 1.807) is 6.08 Å². The van der Waals surface area contributed by atoms with Crippen LogP contribution < -0.4 is 4.74 Å². The second-order valence-corrected chi connectivity index (χ2v) is 7.91. The van der Waals surface area contributed by atoms with Gasteiger partial charge in [0, 0.05) is 11.8 Å². The Labute approximate surface area is 148 Å². The van der Waals surface area contributed by atoms with E-state index in [0.29, 0.717) is 36.5 Å². The number of Topliss-reactive ketones (excluding diaryl/α,β-unsaturated/α-hetero) is 1. The zero-order chi connectivity index (χ0) is 17.6. The number of aryl methyl sites for hydroxylation is 1. The van der Waals surface area contributed by atoms with E-state index < -0.39 is 0 Å². The van der Waals surface area contributed by atoms with Gasteiger partial charge in [0.05, 0.1) is 0 Å². The average Bonchev–Trinajstić information content (AvgIpc) is 2.90. The average molecular weight is 339 g/mol. The van der Waals surface area contributed by atoms with Gasteiger partial charge in [0.25, 0.3) is 0 Å². The summed E-state index contributed by atoms with van der Waals surface area (Å²) in [6.45, 7) is 6.30. The molecule has 0 saturated heterocycles. The minimum atomic E-state index is -0.340. The van der Waals surface area contributed by atoms with Crippen molar-refractivity contribution in [3.63, 3.8) is 0 Å². The quantitative estimate of drug-likeness (QED) is 0.512.